The molecule has 0 saturated carbocycles. The number of rotatable bonds is 2. The van der Waals surface area contributed by atoms with Crippen molar-refractivity contribution in [3.05, 3.63) is 48.3 Å². The van der Waals surface area contributed by atoms with Crippen LogP contribution in [0.5, 0.6) is 0 Å². The zero-order valence-electron chi connectivity index (χ0n) is 11.9. The maximum Gasteiger partial charge on any atom is 0.221 e. The molecule has 3 nitrogen and oxygen atoms in total. The number of nitrogens with two attached hydrogens (primary N) is 1. The van der Waals surface area contributed by atoms with Crippen molar-refractivity contribution < 1.29 is 9.18 Å². The van der Waals surface area contributed by atoms with E-state index in [0.29, 0.717) is 11.4 Å². The van der Waals surface area contributed by atoms with Gasteiger partial charge in [0.05, 0.1) is 11.4 Å². The molecule has 0 spiro atoms. The lowest BCUT2D eigenvalue weighted by Gasteiger charge is -2.09. The number of hydrogen-bond acceptors (Lipinski definition) is 2. The molecule has 0 radical (unpaired) electrons. The minimum Gasteiger partial charge on any atom is -0.397 e. The molecule has 106 valence electrons. The zero-order chi connectivity index (χ0) is 15.1. The number of carbonyl (C=O) groups excluding carboxylic acids is 1. The van der Waals surface area contributed by atoms with Gasteiger partial charge in [0, 0.05) is 6.92 Å². The quantitative estimate of drug-likeness (QED) is 0.811. The standard InChI is InChI=1S/C14H13FN2O.C2H6/c1-9(18)17-14-8-11(5-6-13(14)16)10-3-2-4-12(15)7-10;1-2/h2-8H,16H2,1H3,(H,17,18);1-2H3. The van der Waals surface area contributed by atoms with E-state index >= 15 is 0 Å². The summed E-state index contributed by atoms with van der Waals surface area (Å²) in [7, 11) is 0. The van der Waals surface area contributed by atoms with Gasteiger partial charge < -0.3 is 11.1 Å². The fourth-order valence-corrected chi connectivity index (χ4v) is 1.70. The van der Waals surface area contributed by atoms with E-state index in [1.54, 1.807) is 30.3 Å². The minimum atomic E-state index is -0.301. The van der Waals surface area contributed by atoms with Gasteiger partial charge in [0.25, 0.3) is 0 Å². The van der Waals surface area contributed by atoms with Crippen LogP contribution in [0.2, 0.25) is 0 Å². The van der Waals surface area contributed by atoms with Crippen molar-refractivity contribution >= 4 is 17.3 Å². The summed E-state index contributed by atoms with van der Waals surface area (Å²) in [4.78, 5) is 11.0. The van der Waals surface area contributed by atoms with Crippen LogP contribution in [0.1, 0.15) is 20.8 Å². The Bertz CT molecular complexity index is 597. The van der Waals surface area contributed by atoms with Crippen molar-refractivity contribution in [1.29, 1.82) is 0 Å². The number of hydrogen-bond donors (Lipinski definition) is 2. The molecule has 1 amide bonds. The van der Waals surface area contributed by atoms with Gasteiger partial charge in [-0.15, -0.1) is 0 Å². The van der Waals surface area contributed by atoms with Gasteiger partial charge in [-0.25, -0.2) is 4.39 Å². The minimum absolute atomic E-state index is 0.196. The highest BCUT2D eigenvalue weighted by Gasteiger charge is 2.05. The predicted molar refractivity (Wildman–Crippen MR) is 81.9 cm³/mol. The largest absolute Gasteiger partial charge is 0.397 e. The van der Waals surface area contributed by atoms with Crippen molar-refractivity contribution in [3.63, 3.8) is 0 Å². The topological polar surface area (TPSA) is 55.1 Å². The van der Waals surface area contributed by atoms with E-state index in [1.165, 1.54) is 19.1 Å². The van der Waals surface area contributed by atoms with Crippen molar-refractivity contribution in [2.75, 3.05) is 11.1 Å². The summed E-state index contributed by atoms with van der Waals surface area (Å²) in [5.74, 6) is -0.497. The SMILES string of the molecule is CC.CC(=O)Nc1cc(-c2cccc(F)c2)ccc1N. The monoisotopic (exact) mass is 274 g/mol. The second-order valence-electron chi connectivity index (χ2n) is 3.99. The Morgan fingerprint density at radius 2 is 1.75 bits per heavy atom. The lowest BCUT2D eigenvalue weighted by molar-refractivity contribution is -0.114. The van der Waals surface area contributed by atoms with Gasteiger partial charge in [-0.2, -0.15) is 0 Å². The lowest BCUT2D eigenvalue weighted by Crippen LogP contribution is -2.08. The van der Waals surface area contributed by atoms with Crippen LogP contribution in [0.3, 0.4) is 0 Å². The number of halogens is 1. The molecule has 0 atom stereocenters. The molecule has 0 aliphatic carbocycles. The Balaban J connectivity index is 0.000000956. The highest BCUT2D eigenvalue weighted by Crippen LogP contribution is 2.27. The Kier molecular flexibility index (Phi) is 5.72. The van der Waals surface area contributed by atoms with E-state index in [4.69, 9.17) is 5.73 Å². The Labute approximate surface area is 118 Å². The molecule has 4 heteroatoms. The van der Waals surface area contributed by atoms with Crippen molar-refractivity contribution in [1.82, 2.24) is 0 Å². The highest BCUT2D eigenvalue weighted by atomic mass is 19.1. The van der Waals surface area contributed by atoms with Crippen LogP contribution >= 0.6 is 0 Å². The van der Waals surface area contributed by atoms with Crippen LogP contribution in [0.15, 0.2) is 42.5 Å². The summed E-state index contributed by atoms with van der Waals surface area (Å²) in [6.07, 6.45) is 0. The molecular weight excluding hydrogens is 255 g/mol. The van der Waals surface area contributed by atoms with Crippen molar-refractivity contribution in [3.8, 4) is 11.1 Å². The van der Waals surface area contributed by atoms with E-state index in [-0.39, 0.29) is 11.7 Å². The zero-order valence-corrected chi connectivity index (χ0v) is 11.9. The summed E-state index contributed by atoms with van der Waals surface area (Å²) in [6, 6.07) is 11.5. The number of nitrogens with one attached hydrogen (secondary N) is 1. The number of carbonyl (C=O) groups is 1. The average molecular weight is 274 g/mol. The molecule has 0 bridgehead atoms. The summed E-state index contributed by atoms with van der Waals surface area (Å²) in [6.45, 7) is 5.41. The first kappa shape index (κ1) is 15.7. The van der Waals surface area contributed by atoms with Crippen molar-refractivity contribution in [2.24, 2.45) is 0 Å². The van der Waals surface area contributed by atoms with Gasteiger partial charge in [-0.1, -0.05) is 32.0 Å². The van der Waals surface area contributed by atoms with Gasteiger partial charge >= 0.3 is 0 Å². The molecule has 0 aliphatic rings. The highest BCUT2D eigenvalue weighted by molar-refractivity contribution is 5.93. The van der Waals surface area contributed by atoms with Crippen molar-refractivity contribution in [2.45, 2.75) is 20.8 Å². The molecule has 0 aliphatic heterocycles. The first-order chi connectivity index (χ1) is 9.56. The second kappa shape index (κ2) is 7.28. The van der Waals surface area contributed by atoms with Crippen LogP contribution in [-0.2, 0) is 4.79 Å². The molecule has 2 rings (SSSR count). The second-order valence-corrected chi connectivity index (χ2v) is 3.99. The lowest BCUT2D eigenvalue weighted by atomic mass is 10.0. The normalized spacial score (nSPS) is 9.40. The van der Waals surface area contributed by atoms with E-state index in [2.05, 4.69) is 5.32 Å². The summed E-state index contributed by atoms with van der Waals surface area (Å²) < 4.78 is 13.1. The fourth-order valence-electron chi connectivity index (χ4n) is 1.70. The molecule has 3 N–H and O–H groups in total. The van der Waals surface area contributed by atoms with Crippen LogP contribution in [0.25, 0.3) is 11.1 Å². The van der Waals surface area contributed by atoms with Crippen LogP contribution < -0.4 is 11.1 Å². The molecule has 0 fully saturated rings. The van der Waals surface area contributed by atoms with E-state index in [0.717, 1.165) is 11.1 Å². The van der Waals surface area contributed by atoms with E-state index < -0.39 is 0 Å². The van der Waals surface area contributed by atoms with Gasteiger partial charge in [0.15, 0.2) is 0 Å². The summed E-state index contributed by atoms with van der Waals surface area (Å²) >= 11 is 0. The predicted octanol–water partition coefficient (Wildman–Crippen LogP) is 4.06. The van der Waals surface area contributed by atoms with Gasteiger partial charge in [0.1, 0.15) is 5.82 Å². The Morgan fingerprint density at radius 1 is 1.10 bits per heavy atom. The number of anilines is 2. The fraction of sp³-hybridized carbons (Fsp3) is 0.188. The van der Waals surface area contributed by atoms with Gasteiger partial charge in [0.2, 0.25) is 5.91 Å². The van der Waals surface area contributed by atoms with Gasteiger partial charge in [-0.05, 0) is 35.4 Å². The maximum atomic E-state index is 13.1. The molecule has 2 aromatic carbocycles. The first-order valence-corrected chi connectivity index (χ1v) is 6.49. The molecule has 0 heterocycles. The van der Waals surface area contributed by atoms with Gasteiger partial charge in [-0.3, -0.25) is 4.79 Å². The Morgan fingerprint density at radius 3 is 2.35 bits per heavy atom. The smallest absolute Gasteiger partial charge is 0.221 e. The third kappa shape index (κ3) is 4.09. The van der Waals surface area contributed by atoms with E-state index in [9.17, 15) is 9.18 Å². The van der Waals surface area contributed by atoms with Crippen LogP contribution in [0.4, 0.5) is 15.8 Å². The maximum absolute atomic E-state index is 13.1. The van der Waals surface area contributed by atoms with E-state index in [1.807, 2.05) is 13.8 Å². The molecule has 0 aromatic heterocycles. The molecule has 2 aromatic rings. The molecule has 0 unspecified atom stereocenters. The number of nitrogen functional groups attached to an aromatic ring is 1. The number of benzene rings is 2. The first-order valence-electron chi connectivity index (χ1n) is 6.49. The Hall–Kier alpha value is -2.36. The van der Waals surface area contributed by atoms with Crippen LogP contribution in [0, 0.1) is 5.82 Å². The number of amides is 1. The summed E-state index contributed by atoms with van der Waals surface area (Å²) in [5.41, 5.74) is 8.30. The summed E-state index contributed by atoms with van der Waals surface area (Å²) in [5, 5.41) is 2.64. The molecular formula is C16H19FN2O. The van der Waals surface area contributed by atoms with Crippen LogP contribution in [-0.4, -0.2) is 5.91 Å². The third-order valence-corrected chi connectivity index (χ3v) is 2.52. The average Bonchev–Trinajstić information content (AvgIpc) is 2.43. The third-order valence-electron chi connectivity index (χ3n) is 2.52. The molecule has 0 saturated heterocycles. The molecule has 20 heavy (non-hydrogen) atoms.